The lowest BCUT2D eigenvalue weighted by molar-refractivity contribution is 0.0949. The van der Waals surface area contributed by atoms with E-state index in [9.17, 15) is 4.79 Å². The highest BCUT2D eigenvalue weighted by Gasteiger charge is 2.25. The van der Waals surface area contributed by atoms with E-state index in [1.54, 1.807) is 4.68 Å². The standard InChI is InChI=1S/C15H22N4OS/c1-8-5-4-6-10(8)7-17-14(20)13-12(16)11-9(2)18-19(3)15(11)21-13/h8,10H,4-7,16H2,1-3H3,(H,17,20). The zero-order valence-corrected chi connectivity index (χ0v) is 13.6. The van der Waals surface area contributed by atoms with E-state index in [1.165, 1.54) is 30.6 Å². The molecule has 21 heavy (non-hydrogen) atoms. The number of hydrogen-bond acceptors (Lipinski definition) is 4. The minimum Gasteiger partial charge on any atom is -0.397 e. The van der Waals surface area contributed by atoms with Gasteiger partial charge in [-0.2, -0.15) is 5.10 Å². The zero-order chi connectivity index (χ0) is 15.1. The number of carbonyl (C=O) groups excluding carboxylic acids is 1. The normalized spacial score (nSPS) is 22.0. The maximum atomic E-state index is 12.4. The van der Waals surface area contributed by atoms with Crippen LogP contribution in [-0.4, -0.2) is 22.2 Å². The van der Waals surface area contributed by atoms with Gasteiger partial charge in [-0.05, 0) is 25.2 Å². The Balaban J connectivity index is 1.78. The molecular formula is C15H22N4OS. The third-order valence-corrected chi connectivity index (χ3v) is 5.92. The van der Waals surface area contributed by atoms with Gasteiger partial charge in [0.2, 0.25) is 0 Å². The predicted molar refractivity (Wildman–Crippen MR) is 86.6 cm³/mol. The molecule has 3 rings (SSSR count). The van der Waals surface area contributed by atoms with Gasteiger partial charge in [0, 0.05) is 13.6 Å². The first kappa shape index (κ1) is 14.4. The van der Waals surface area contributed by atoms with E-state index in [-0.39, 0.29) is 5.91 Å². The Morgan fingerprint density at radius 2 is 2.29 bits per heavy atom. The second kappa shape index (κ2) is 5.33. The first-order chi connectivity index (χ1) is 9.99. The van der Waals surface area contributed by atoms with Crippen LogP contribution in [0, 0.1) is 18.8 Å². The third-order valence-electron chi connectivity index (χ3n) is 4.65. The molecule has 2 atom stereocenters. The molecule has 1 aliphatic carbocycles. The van der Waals surface area contributed by atoms with Crippen molar-refractivity contribution in [1.82, 2.24) is 15.1 Å². The molecule has 1 fully saturated rings. The molecule has 2 heterocycles. The van der Waals surface area contributed by atoms with E-state index in [4.69, 9.17) is 5.73 Å². The molecule has 0 radical (unpaired) electrons. The Labute approximate surface area is 128 Å². The van der Waals surface area contributed by atoms with Crippen LogP contribution in [-0.2, 0) is 7.05 Å². The molecule has 0 bridgehead atoms. The van der Waals surface area contributed by atoms with E-state index in [0.29, 0.717) is 22.4 Å². The van der Waals surface area contributed by atoms with Crippen molar-refractivity contribution < 1.29 is 4.79 Å². The van der Waals surface area contributed by atoms with Crippen molar-refractivity contribution in [3.63, 3.8) is 0 Å². The fraction of sp³-hybridized carbons (Fsp3) is 0.600. The predicted octanol–water partition coefficient (Wildman–Crippen LogP) is 2.69. The summed E-state index contributed by atoms with van der Waals surface area (Å²) in [7, 11) is 1.88. The zero-order valence-electron chi connectivity index (χ0n) is 12.8. The highest BCUT2D eigenvalue weighted by Crippen LogP contribution is 2.35. The van der Waals surface area contributed by atoms with E-state index in [0.717, 1.165) is 22.5 Å². The molecule has 0 saturated heterocycles. The van der Waals surface area contributed by atoms with Gasteiger partial charge in [0.1, 0.15) is 9.71 Å². The molecule has 0 aromatic carbocycles. The van der Waals surface area contributed by atoms with Gasteiger partial charge in [0.25, 0.3) is 5.91 Å². The van der Waals surface area contributed by atoms with Gasteiger partial charge in [-0.15, -0.1) is 11.3 Å². The van der Waals surface area contributed by atoms with Crippen LogP contribution in [0.25, 0.3) is 10.2 Å². The number of rotatable bonds is 3. The third kappa shape index (κ3) is 2.41. The summed E-state index contributed by atoms with van der Waals surface area (Å²) in [4.78, 5) is 14.0. The fourth-order valence-electron chi connectivity index (χ4n) is 3.33. The molecule has 1 saturated carbocycles. The number of aryl methyl sites for hydroxylation is 2. The van der Waals surface area contributed by atoms with Gasteiger partial charge < -0.3 is 11.1 Å². The quantitative estimate of drug-likeness (QED) is 0.915. The lowest BCUT2D eigenvalue weighted by Gasteiger charge is -2.15. The van der Waals surface area contributed by atoms with E-state index in [1.807, 2.05) is 14.0 Å². The van der Waals surface area contributed by atoms with Crippen LogP contribution >= 0.6 is 11.3 Å². The van der Waals surface area contributed by atoms with Crippen LogP contribution in [0.3, 0.4) is 0 Å². The Bertz CT molecular complexity index is 687. The van der Waals surface area contributed by atoms with Gasteiger partial charge in [-0.3, -0.25) is 9.48 Å². The molecule has 1 aliphatic rings. The summed E-state index contributed by atoms with van der Waals surface area (Å²) in [5, 5.41) is 8.33. The van der Waals surface area contributed by atoms with Crippen molar-refractivity contribution >= 4 is 33.1 Å². The van der Waals surface area contributed by atoms with Crippen molar-refractivity contribution in [2.45, 2.75) is 33.1 Å². The molecule has 2 aromatic rings. The van der Waals surface area contributed by atoms with Crippen molar-refractivity contribution in [3.8, 4) is 0 Å². The largest absolute Gasteiger partial charge is 0.397 e. The summed E-state index contributed by atoms with van der Waals surface area (Å²) in [6, 6.07) is 0. The van der Waals surface area contributed by atoms with Gasteiger partial charge in [0.05, 0.1) is 16.8 Å². The van der Waals surface area contributed by atoms with Crippen molar-refractivity contribution in [3.05, 3.63) is 10.6 Å². The Kier molecular flexibility index (Phi) is 3.65. The van der Waals surface area contributed by atoms with E-state index >= 15 is 0 Å². The van der Waals surface area contributed by atoms with Gasteiger partial charge >= 0.3 is 0 Å². The summed E-state index contributed by atoms with van der Waals surface area (Å²) in [5.41, 5.74) is 7.61. The van der Waals surface area contributed by atoms with Gasteiger partial charge in [-0.25, -0.2) is 0 Å². The summed E-state index contributed by atoms with van der Waals surface area (Å²) in [6.45, 7) is 4.95. The van der Waals surface area contributed by atoms with Gasteiger partial charge in [-0.1, -0.05) is 19.8 Å². The van der Waals surface area contributed by atoms with Crippen molar-refractivity contribution in [2.24, 2.45) is 18.9 Å². The average Bonchev–Trinajstić information content (AvgIpc) is 3.06. The van der Waals surface area contributed by atoms with Crippen LogP contribution in [0.4, 0.5) is 5.69 Å². The average molecular weight is 306 g/mol. The maximum absolute atomic E-state index is 12.4. The number of nitrogens with one attached hydrogen (secondary N) is 1. The summed E-state index contributed by atoms with van der Waals surface area (Å²) < 4.78 is 1.79. The molecule has 1 amide bonds. The Morgan fingerprint density at radius 1 is 1.52 bits per heavy atom. The Hall–Kier alpha value is -1.56. The smallest absolute Gasteiger partial charge is 0.263 e. The molecule has 114 valence electrons. The highest BCUT2D eigenvalue weighted by atomic mass is 32.1. The molecule has 5 nitrogen and oxygen atoms in total. The van der Waals surface area contributed by atoms with Gasteiger partial charge in [0.15, 0.2) is 0 Å². The number of nitrogens with zero attached hydrogens (tertiary/aromatic N) is 2. The number of nitrogen functional groups attached to an aromatic ring is 1. The molecule has 2 aromatic heterocycles. The SMILES string of the molecule is Cc1nn(C)c2sc(C(=O)NCC3CCCC3C)c(N)c12. The summed E-state index contributed by atoms with van der Waals surface area (Å²) in [5.74, 6) is 1.26. The minimum atomic E-state index is -0.0489. The van der Waals surface area contributed by atoms with Crippen LogP contribution in [0.5, 0.6) is 0 Å². The van der Waals surface area contributed by atoms with Crippen molar-refractivity contribution in [1.29, 1.82) is 0 Å². The number of anilines is 1. The first-order valence-electron chi connectivity index (χ1n) is 7.48. The molecule has 0 aliphatic heterocycles. The second-order valence-electron chi connectivity index (χ2n) is 6.11. The highest BCUT2D eigenvalue weighted by molar-refractivity contribution is 7.21. The van der Waals surface area contributed by atoms with Crippen LogP contribution in [0.15, 0.2) is 0 Å². The molecule has 3 N–H and O–H groups in total. The molecule has 2 unspecified atom stereocenters. The number of amides is 1. The van der Waals surface area contributed by atoms with E-state index in [2.05, 4.69) is 17.3 Å². The van der Waals surface area contributed by atoms with Crippen molar-refractivity contribution in [2.75, 3.05) is 12.3 Å². The lowest BCUT2D eigenvalue weighted by Crippen LogP contribution is -2.30. The number of aromatic nitrogens is 2. The summed E-state index contributed by atoms with van der Waals surface area (Å²) in [6.07, 6.45) is 3.76. The fourth-order valence-corrected chi connectivity index (χ4v) is 4.43. The monoisotopic (exact) mass is 306 g/mol. The van der Waals surface area contributed by atoms with Crippen LogP contribution < -0.4 is 11.1 Å². The Morgan fingerprint density at radius 3 is 2.90 bits per heavy atom. The number of hydrogen-bond donors (Lipinski definition) is 2. The van der Waals surface area contributed by atoms with E-state index < -0.39 is 0 Å². The summed E-state index contributed by atoms with van der Waals surface area (Å²) >= 11 is 1.43. The van der Waals surface area contributed by atoms with Crippen LogP contribution in [0.1, 0.15) is 41.6 Å². The number of thiophene rings is 1. The first-order valence-corrected chi connectivity index (χ1v) is 8.30. The molecule has 0 spiro atoms. The maximum Gasteiger partial charge on any atom is 0.263 e. The van der Waals surface area contributed by atoms with Crippen LogP contribution in [0.2, 0.25) is 0 Å². The topological polar surface area (TPSA) is 72.9 Å². The molecular weight excluding hydrogens is 284 g/mol. The second-order valence-corrected chi connectivity index (χ2v) is 7.11. The number of fused-ring (bicyclic) bond motifs is 1. The number of carbonyl (C=O) groups is 1. The number of nitrogens with two attached hydrogens (primary N) is 1. The minimum absolute atomic E-state index is 0.0489. The lowest BCUT2D eigenvalue weighted by atomic mass is 9.98. The molecule has 6 heteroatoms.